The molecule has 5 rings (SSSR count). The van der Waals surface area contributed by atoms with Crippen molar-refractivity contribution in [3.05, 3.63) is 41.5 Å². The Hall–Kier alpha value is -2.02. The van der Waals surface area contributed by atoms with Crippen molar-refractivity contribution in [1.82, 2.24) is 0 Å². The third-order valence-electron chi connectivity index (χ3n) is 8.60. The van der Waals surface area contributed by atoms with Gasteiger partial charge in [-0.25, -0.2) is 0 Å². The van der Waals surface area contributed by atoms with E-state index in [9.17, 15) is 18.0 Å². The molecule has 2 aliphatic heterocycles. The normalized spacial score (nSPS) is 35.0. The zero-order valence-corrected chi connectivity index (χ0v) is 19.5. The predicted octanol–water partition coefficient (Wildman–Crippen LogP) is 3.72. The van der Waals surface area contributed by atoms with Gasteiger partial charge in [-0.3, -0.25) is 4.79 Å². The van der Waals surface area contributed by atoms with Crippen LogP contribution in [0.3, 0.4) is 0 Å². The van der Waals surface area contributed by atoms with Crippen LogP contribution < -0.4 is 9.80 Å². The number of fused-ring (bicyclic) bond motifs is 2. The maximum atomic E-state index is 13.1. The summed E-state index contributed by atoms with van der Waals surface area (Å²) in [5.74, 6) is 0.556. The summed E-state index contributed by atoms with van der Waals surface area (Å²) < 4.78 is 45.1. The topological polar surface area (TPSA) is 34.0 Å². The third kappa shape index (κ3) is 4.29. The van der Waals surface area contributed by atoms with Crippen LogP contribution in [0.4, 0.5) is 18.9 Å². The molecule has 4 nitrogen and oxygen atoms in total. The maximum absolute atomic E-state index is 13.1. The molecule has 180 valence electrons. The lowest BCUT2D eigenvalue weighted by Crippen LogP contribution is -3.15. The van der Waals surface area contributed by atoms with Gasteiger partial charge in [0.2, 0.25) is 0 Å². The van der Waals surface area contributed by atoms with Crippen molar-refractivity contribution in [1.29, 1.82) is 0 Å². The lowest BCUT2D eigenvalue weighted by molar-refractivity contribution is -0.903. The number of rotatable bonds is 3. The number of piperazine rings is 1. The van der Waals surface area contributed by atoms with E-state index in [0.29, 0.717) is 24.7 Å². The fourth-order valence-corrected chi connectivity index (χ4v) is 6.76. The Labute approximate surface area is 193 Å². The number of carbonyl (C=O) groups is 1. The molecule has 2 aliphatic carbocycles. The van der Waals surface area contributed by atoms with Crippen molar-refractivity contribution in [3.8, 4) is 0 Å². The van der Waals surface area contributed by atoms with Gasteiger partial charge < -0.3 is 14.5 Å². The van der Waals surface area contributed by atoms with Crippen molar-refractivity contribution in [2.45, 2.75) is 51.8 Å². The summed E-state index contributed by atoms with van der Waals surface area (Å²) >= 11 is 0. The average Bonchev–Trinajstić information content (AvgIpc) is 3.06. The fraction of sp³-hybridized carbons (Fsp3) is 0.654. The van der Waals surface area contributed by atoms with E-state index in [0.717, 1.165) is 32.1 Å². The lowest BCUT2D eigenvalue weighted by Gasteiger charge is -2.46. The van der Waals surface area contributed by atoms with E-state index in [-0.39, 0.29) is 29.3 Å². The van der Waals surface area contributed by atoms with Crippen molar-refractivity contribution < 1.29 is 27.6 Å². The van der Waals surface area contributed by atoms with Crippen molar-refractivity contribution in [2.75, 3.05) is 37.6 Å². The maximum Gasteiger partial charge on any atom is 0.416 e. The number of alkyl halides is 3. The second kappa shape index (κ2) is 8.33. The van der Waals surface area contributed by atoms with Crippen LogP contribution in [0.15, 0.2) is 35.9 Å². The third-order valence-corrected chi connectivity index (χ3v) is 8.60. The molecule has 1 aromatic rings. The van der Waals surface area contributed by atoms with Gasteiger partial charge in [-0.05, 0) is 48.8 Å². The first kappa shape index (κ1) is 22.8. The number of quaternary nitrogens is 1. The van der Waals surface area contributed by atoms with Crippen LogP contribution in [-0.4, -0.2) is 44.8 Å². The molecule has 0 bridgehead atoms. The molecule has 0 radical (unpaired) electrons. The van der Waals surface area contributed by atoms with Crippen LogP contribution in [0.25, 0.3) is 0 Å². The van der Waals surface area contributed by atoms with E-state index in [2.05, 4.69) is 19.9 Å². The van der Waals surface area contributed by atoms with Gasteiger partial charge >= 0.3 is 12.1 Å². The number of benzene rings is 1. The van der Waals surface area contributed by atoms with E-state index in [4.69, 9.17) is 4.74 Å². The number of esters is 1. The quantitative estimate of drug-likeness (QED) is 0.548. The van der Waals surface area contributed by atoms with Gasteiger partial charge in [-0.15, -0.1) is 0 Å². The minimum atomic E-state index is -4.33. The molecule has 2 heterocycles. The smallest absolute Gasteiger partial charge is 0.416 e. The summed E-state index contributed by atoms with van der Waals surface area (Å²) in [7, 11) is 0. The number of nitrogens with one attached hydrogen (secondary N) is 1. The van der Waals surface area contributed by atoms with Crippen LogP contribution in [0.2, 0.25) is 0 Å². The zero-order valence-electron chi connectivity index (χ0n) is 19.5. The van der Waals surface area contributed by atoms with E-state index in [1.165, 1.54) is 41.9 Å². The van der Waals surface area contributed by atoms with E-state index >= 15 is 0 Å². The Morgan fingerprint density at radius 2 is 2.00 bits per heavy atom. The number of hydrogen-bond acceptors (Lipinski definition) is 3. The summed E-state index contributed by atoms with van der Waals surface area (Å²) in [6.45, 7) is 8.37. The summed E-state index contributed by atoms with van der Waals surface area (Å²) in [6, 6.07) is 5.57. The standard InChI is InChI=1S/C26H33F3N2O2/c1-17-5-4-8-25(2)15-23-20(14-22(17)25)21(24(32)33-23)16-30-9-11-31(12-10-30)19-7-3-6-18(13-19)26(27,28)29/h3,6-7,13-14,17,20-21,23H,4-5,8-12,15-16H2,1-2H3/p+1. The molecular weight excluding hydrogens is 429 g/mol. The molecule has 7 heteroatoms. The molecule has 1 N–H and O–H groups in total. The molecule has 1 aromatic carbocycles. The van der Waals surface area contributed by atoms with Crippen LogP contribution in [0.1, 0.15) is 45.1 Å². The number of carbonyl (C=O) groups excluding carboxylic acids is 1. The van der Waals surface area contributed by atoms with E-state index in [1.54, 1.807) is 6.07 Å². The average molecular weight is 464 g/mol. The molecule has 0 aromatic heterocycles. The zero-order chi connectivity index (χ0) is 23.4. The molecule has 2 saturated heterocycles. The second-order valence-corrected chi connectivity index (χ2v) is 10.8. The second-order valence-electron chi connectivity index (χ2n) is 10.8. The van der Waals surface area contributed by atoms with Crippen LogP contribution in [0, 0.1) is 23.2 Å². The van der Waals surface area contributed by atoms with Gasteiger partial charge in [0.25, 0.3) is 0 Å². The van der Waals surface area contributed by atoms with Gasteiger partial charge in [-0.2, -0.15) is 13.2 Å². The number of nitrogens with zero attached hydrogens (tertiary/aromatic N) is 1. The predicted molar refractivity (Wildman–Crippen MR) is 120 cm³/mol. The minimum Gasteiger partial charge on any atom is -0.461 e. The van der Waals surface area contributed by atoms with Crippen LogP contribution >= 0.6 is 0 Å². The SMILES string of the molecule is CC1CCCC2(C)CC3OC(=O)C(C[NH+]4CCN(c5cccc(C(F)(F)F)c5)CC4)C3C=C12. The van der Waals surface area contributed by atoms with Crippen molar-refractivity contribution >= 4 is 11.7 Å². The highest BCUT2D eigenvalue weighted by Crippen LogP contribution is 2.53. The first-order valence-electron chi connectivity index (χ1n) is 12.3. The molecule has 33 heavy (non-hydrogen) atoms. The number of allylic oxidation sites excluding steroid dienone is 1. The summed E-state index contributed by atoms with van der Waals surface area (Å²) in [6.07, 6.45) is 2.64. The first-order valence-corrected chi connectivity index (χ1v) is 12.3. The Bertz CT molecular complexity index is 938. The Morgan fingerprint density at radius 1 is 1.24 bits per heavy atom. The molecule has 0 spiro atoms. The molecule has 1 saturated carbocycles. The Morgan fingerprint density at radius 3 is 2.73 bits per heavy atom. The largest absolute Gasteiger partial charge is 0.461 e. The number of anilines is 1. The molecule has 5 unspecified atom stereocenters. The Kier molecular flexibility index (Phi) is 5.74. The number of ether oxygens (including phenoxy) is 1. The summed E-state index contributed by atoms with van der Waals surface area (Å²) in [5, 5.41) is 0. The van der Waals surface area contributed by atoms with Gasteiger partial charge in [0, 0.05) is 11.6 Å². The summed E-state index contributed by atoms with van der Waals surface area (Å²) in [5.41, 5.74) is 1.70. The van der Waals surface area contributed by atoms with Gasteiger partial charge in [0.05, 0.1) is 38.3 Å². The highest BCUT2D eigenvalue weighted by molar-refractivity contribution is 5.76. The lowest BCUT2D eigenvalue weighted by atomic mass is 9.59. The number of hydrogen-bond donors (Lipinski definition) is 1. The fourth-order valence-electron chi connectivity index (χ4n) is 6.76. The van der Waals surface area contributed by atoms with Crippen molar-refractivity contribution in [3.63, 3.8) is 0 Å². The van der Waals surface area contributed by atoms with E-state index in [1.807, 2.05) is 4.90 Å². The molecule has 5 atom stereocenters. The monoisotopic (exact) mass is 463 g/mol. The molecule has 0 amide bonds. The van der Waals surface area contributed by atoms with Gasteiger partial charge in [0.1, 0.15) is 12.0 Å². The summed E-state index contributed by atoms with van der Waals surface area (Å²) in [4.78, 5) is 16.2. The van der Waals surface area contributed by atoms with Crippen molar-refractivity contribution in [2.24, 2.45) is 23.2 Å². The van der Waals surface area contributed by atoms with E-state index < -0.39 is 11.7 Å². The molecular formula is C26H34F3N2O2+. The van der Waals surface area contributed by atoms with Crippen LogP contribution in [-0.2, 0) is 15.7 Å². The minimum absolute atomic E-state index is 0.00709. The molecule has 4 aliphatic rings. The highest BCUT2D eigenvalue weighted by Gasteiger charge is 2.52. The van der Waals surface area contributed by atoms with Gasteiger partial charge in [0.15, 0.2) is 0 Å². The van der Waals surface area contributed by atoms with Gasteiger partial charge in [-0.1, -0.05) is 38.0 Å². The number of halogens is 3. The molecule has 3 fully saturated rings. The first-order chi connectivity index (χ1) is 15.6. The van der Waals surface area contributed by atoms with Crippen LogP contribution in [0.5, 0.6) is 0 Å². The highest BCUT2D eigenvalue weighted by atomic mass is 19.4. The Balaban J connectivity index is 1.24.